The van der Waals surface area contributed by atoms with Crippen molar-refractivity contribution >= 4 is 21.9 Å². The van der Waals surface area contributed by atoms with Crippen LogP contribution in [-0.2, 0) is 6.61 Å². The first kappa shape index (κ1) is 15.4. The number of aryl methyl sites for hydroxylation is 1. The predicted molar refractivity (Wildman–Crippen MR) is 76.5 cm³/mol. The zero-order valence-corrected chi connectivity index (χ0v) is 12.6. The van der Waals surface area contributed by atoms with E-state index in [1.807, 2.05) is 0 Å². The molecule has 2 rings (SSSR count). The molecule has 2 aromatic rings. The molecular formula is C15H11BrF2O3. The van der Waals surface area contributed by atoms with Gasteiger partial charge in [-0.05, 0) is 42.8 Å². The highest BCUT2D eigenvalue weighted by Gasteiger charge is 2.16. The Balaban J connectivity index is 2.32. The number of carbonyl (C=O) groups is 1. The molecule has 0 bridgehead atoms. The largest absolute Gasteiger partial charge is 0.488 e. The number of hydrogen-bond donors (Lipinski definition) is 1. The number of rotatable bonds is 4. The summed E-state index contributed by atoms with van der Waals surface area (Å²) in [6.45, 7) is 1.42. The van der Waals surface area contributed by atoms with E-state index in [1.165, 1.54) is 6.07 Å². The summed E-state index contributed by atoms with van der Waals surface area (Å²) in [7, 11) is 0. The summed E-state index contributed by atoms with van der Waals surface area (Å²) in [5, 5.41) is 9.18. The first-order chi connectivity index (χ1) is 9.88. The molecule has 110 valence electrons. The van der Waals surface area contributed by atoms with Crippen LogP contribution in [0.1, 0.15) is 21.5 Å². The highest BCUT2D eigenvalue weighted by Crippen LogP contribution is 2.29. The van der Waals surface area contributed by atoms with Crippen molar-refractivity contribution in [3.8, 4) is 5.75 Å². The maximum Gasteiger partial charge on any atom is 0.339 e. The second-order valence-electron chi connectivity index (χ2n) is 4.43. The Morgan fingerprint density at radius 2 is 2.00 bits per heavy atom. The Bertz CT molecular complexity index is 702. The molecule has 0 heterocycles. The highest BCUT2D eigenvalue weighted by molar-refractivity contribution is 9.10. The van der Waals surface area contributed by atoms with E-state index in [-0.39, 0.29) is 23.5 Å². The third kappa shape index (κ3) is 3.58. The van der Waals surface area contributed by atoms with Crippen molar-refractivity contribution in [2.24, 2.45) is 0 Å². The van der Waals surface area contributed by atoms with Gasteiger partial charge < -0.3 is 9.84 Å². The summed E-state index contributed by atoms with van der Waals surface area (Å²) in [4.78, 5) is 11.2. The molecule has 0 spiro atoms. The smallest absolute Gasteiger partial charge is 0.339 e. The van der Waals surface area contributed by atoms with Gasteiger partial charge in [0.05, 0.1) is 0 Å². The van der Waals surface area contributed by atoms with Crippen LogP contribution >= 0.6 is 15.9 Å². The molecule has 0 aliphatic rings. The van der Waals surface area contributed by atoms with Crippen LogP contribution in [0.25, 0.3) is 0 Å². The van der Waals surface area contributed by atoms with Crippen LogP contribution in [0.5, 0.6) is 5.75 Å². The first-order valence-electron chi connectivity index (χ1n) is 5.98. The van der Waals surface area contributed by atoms with Crippen LogP contribution in [-0.4, -0.2) is 11.1 Å². The molecular weight excluding hydrogens is 346 g/mol. The fourth-order valence-corrected chi connectivity index (χ4v) is 2.46. The van der Waals surface area contributed by atoms with Crippen molar-refractivity contribution in [2.45, 2.75) is 13.5 Å². The van der Waals surface area contributed by atoms with Crippen LogP contribution in [0.3, 0.4) is 0 Å². The Kier molecular flexibility index (Phi) is 4.57. The first-order valence-corrected chi connectivity index (χ1v) is 6.78. The number of benzene rings is 2. The summed E-state index contributed by atoms with van der Waals surface area (Å²) in [6.07, 6.45) is 0. The van der Waals surface area contributed by atoms with Crippen LogP contribution in [0, 0.1) is 18.6 Å². The number of aromatic carboxylic acids is 1. The molecule has 0 atom stereocenters. The molecule has 0 saturated heterocycles. The van der Waals surface area contributed by atoms with Gasteiger partial charge in [-0.2, -0.15) is 0 Å². The predicted octanol–water partition coefficient (Wildman–Crippen LogP) is 4.31. The van der Waals surface area contributed by atoms with Crippen molar-refractivity contribution in [3.05, 3.63) is 63.1 Å². The number of halogens is 3. The van der Waals surface area contributed by atoms with E-state index in [9.17, 15) is 18.7 Å². The Morgan fingerprint density at radius 3 is 2.67 bits per heavy atom. The number of carboxylic acid groups (broad SMARTS) is 1. The standard InChI is InChI=1S/C15H11BrF2O3/c1-8-4-10(16)6-12(15(19)20)14(8)21-7-9-5-11(17)2-3-13(9)18/h2-6H,7H2,1H3,(H,19,20). The molecule has 21 heavy (non-hydrogen) atoms. The molecule has 0 aromatic heterocycles. The fourth-order valence-electron chi connectivity index (χ4n) is 1.88. The second-order valence-corrected chi connectivity index (χ2v) is 5.34. The average molecular weight is 357 g/mol. The minimum absolute atomic E-state index is 0.0219. The molecule has 2 aromatic carbocycles. The fraction of sp³-hybridized carbons (Fsp3) is 0.133. The SMILES string of the molecule is Cc1cc(Br)cc(C(=O)O)c1OCc1cc(F)ccc1F. The Hall–Kier alpha value is -1.95. The van der Waals surface area contributed by atoms with Crippen molar-refractivity contribution in [1.29, 1.82) is 0 Å². The van der Waals surface area contributed by atoms with E-state index in [0.717, 1.165) is 18.2 Å². The van der Waals surface area contributed by atoms with Crippen molar-refractivity contribution in [2.75, 3.05) is 0 Å². The second kappa shape index (κ2) is 6.22. The van der Waals surface area contributed by atoms with Gasteiger partial charge in [0.1, 0.15) is 29.6 Å². The molecule has 3 nitrogen and oxygen atoms in total. The minimum atomic E-state index is -1.16. The van der Waals surface area contributed by atoms with Crippen LogP contribution < -0.4 is 4.74 Å². The summed E-state index contributed by atoms with van der Waals surface area (Å²) < 4.78 is 32.6. The van der Waals surface area contributed by atoms with Crippen molar-refractivity contribution in [1.82, 2.24) is 0 Å². The Labute approximate surface area is 128 Å². The average Bonchev–Trinajstić information content (AvgIpc) is 2.40. The van der Waals surface area contributed by atoms with E-state index in [0.29, 0.717) is 10.0 Å². The highest BCUT2D eigenvalue weighted by atomic mass is 79.9. The molecule has 0 saturated carbocycles. The zero-order chi connectivity index (χ0) is 15.6. The molecule has 0 aliphatic heterocycles. The normalized spacial score (nSPS) is 10.5. The van der Waals surface area contributed by atoms with Gasteiger partial charge in [-0.15, -0.1) is 0 Å². The Morgan fingerprint density at radius 1 is 1.29 bits per heavy atom. The summed E-state index contributed by atoms with van der Waals surface area (Å²) in [5.41, 5.74) is 0.561. The molecule has 0 radical (unpaired) electrons. The molecule has 1 N–H and O–H groups in total. The van der Waals surface area contributed by atoms with Crippen LogP contribution in [0.4, 0.5) is 8.78 Å². The van der Waals surface area contributed by atoms with Gasteiger partial charge in [0.2, 0.25) is 0 Å². The van der Waals surface area contributed by atoms with E-state index in [1.54, 1.807) is 13.0 Å². The quantitative estimate of drug-likeness (QED) is 0.887. The van der Waals surface area contributed by atoms with Crippen molar-refractivity contribution < 1.29 is 23.4 Å². The third-order valence-corrected chi connectivity index (χ3v) is 3.31. The van der Waals surface area contributed by atoms with Crippen LogP contribution in [0.2, 0.25) is 0 Å². The third-order valence-electron chi connectivity index (χ3n) is 2.85. The van der Waals surface area contributed by atoms with Gasteiger partial charge in [0.25, 0.3) is 0 Å². The van der Waals surface area contributed by atoms with E-state index in [4.69, 9.17) is 4.74 Å². The summed E-state index contributed by atoms with van der Waals surface area (Å²) >= 11 is 3.20. The van der Waals surface area contributed by atoms with Gasteiger partial charge in [-0.1, -0.05) is 15.9 Å². The number of ether oxygens (including phenoxy) is 1. The lowest BCUT2D eigenvalue weighted by Gasteiger charge is -2.13. The summed E-state index contributed by atoms with van der Waals surface area (Å²) in [5.74, 6) is -2.22. The van der Waals surface area contributed by atoms with Gasteiger partial charge in [-0.25, -0.2) is 13.6 Å². The molecule has 0 fully saturated rings. The topological polar surface area (TPSA) is 46.5 Å². The zero-order valence-electron chi connectivity index (χ0n) is 11.0. The maximum atomic E-state index is 13.5. The van der Waals surface area contributed by atoms with Gasteiger partial charge >= 0.3 is 5.97 Å². The maximum absolute atomic E-state index is 13.5. The number of carboxylic acids is 1. The van der Waals surface area contributed by atoms with E-state index >= 15 is 0 Å². The monoisotopic (exact) mass is 356 g/mol. The van der Waals surface area contributed by atoms with Gasteiger partial charge in [0, 0.05) is 10.0 Å². The molecule has 0 amide bonds. The van der Waals surface area contributed by atoms with E-state index < -0.39 is 17.6 Å². The van der Waals surface area contributed by atoms with Gasteiger partial charge in [0.15, 0.2) is 0 Å². The van der Waals surface area contributed by atoms with Crippen LogP contribution in [0.15, 0.2) is 34.8 Å². The lowest BCUT2D eigenvalue weighted by molar-refractivity contribution is 0.0691. The lowest BCUT2D eigenvalue weighted by atomic mass is 10.1. The summed E-state index contributed by atoms with van der Waals surface area (Å²) in [6, 6.07) is 6.10. The molecule has 6 heteroatoms. The minimum Gasteiger partial charge on any atom is -0.488 e. The number of hydrogen-bond acceptors (Lipinski definition) is 2. The van der Waals surface area contributed by atoms with E-state index in [2.05, 4.69) is 15.9 Å². The molecule has 0 aliphatic carbocycles. The molecule has 0 unspecified atom stereocenters. The van der Waals surface area contributed by atoms with Gasteiger partial charge in [-0.3, -0.25) is 0 Å². The lowest BCUT2D eigenvalue weighted by Crippen LogP contribution is -2.06. The van der Waals surface area contributed by atoms with Crippen molar-refractivity contribution in [3.63, 3.8) is 0 Å².